The predicted octanol–water partition coefficient (Wildman–Crippen LogP) is -0.243. The summed E-state index contributed by atoms with van der Waals surface area (Å²) < 4.78 is 0. The smallest absolute Gasteiger partial charge is 0.345 e. The zero-order chi connectivity index (χ0) is 9.84. The molecule has 0 atom stereocenters. The lowest BCUT2D eigenvalue weighted by molar-refractivity contribution is 0.958. The first kappa shape index (κ1) is 9.73. The highest BCUT2D eigenvalue weighted by molar-refractivity contribution is 5.50. The number of hydrogen-bond acceptors (Lipinski definition) is 4. The molecule has 1 aromatic rings. The van der Waals surface area contributed by atoms with Crippen molar-refractivity contribution < 1.29 is 0 Å². The minimum atomic E-state index is -0.312. The maximum Gasteiger partial charge on any atom is 0.345 e. The van der Waals surface area contributed by atoms with E-state index in [0.717, 1.165) is 11.4 Å². The number of rotatable bonds is 3. The van der Waals surface area contributed by atoms with Crippen molar-refractivity contribution in [3.63, 3.8) is 0 Å². The summed E-state index contributed by atoms with van der Waals surface area (Å²) in [6.45, 7) is 4.85. The molecule has 0 aromatic carbocycles. The molecule has 0 saturated carbocycles. The fraction of sp³-hybridized carbons (Fsp3) is 0.500. The van der Waals surface area contributed by atoms with E-state index in [1.165, 1.54) is 0 Å². The van der Waals surface area contributed by atoms with E-state index in [1.54, 1.807) is 6.92 Å². The molecular formula is C8H14N4O. The van der Waals surface area contributed by atoms with Crippen molar-refractivity contribution >= 4 is 5.69 Å². The molecule has 13 heavy (non-hydrogen) atoms. The van der Waals surface area contributed by atoms with Crippen molar-refractivity contribution in [1.82, 2.24) is 9.97 Å². The Morgan fingerprint density at radius 3 is 2.77 bits per heavy atom. The van der Waals surface area contributed by atoms with Crippen LogP contribution < -0.4 is 16.7 Å². The van der Waals surface area contributed by atoms with Gasteiger partial charge in [-0.05, 0) is 13.8 Å². The lowest BCUT2D eigenvalue weighted by Gasteiger charge is -2.09. The van der Waals surface area contributed by atoms with Crippen LogP contribution in [-0.2, 0) is 0 Å². The number of aromatic amines is 1. The molecule has 1 heterocycles. The third-order valence-corrected chi connectivity index (χ3v) is 1.75. The number of hydrogen-bond donors (Lipinski definition) is 3. The highest BCUT2D eigenvalue weighted by Gasteiger charge is 2.03. The summed E-state index contributed by atoms with van der Waals surface area (Å²) in [7, 11) is 0. The Hall–Kier alpha value is -1.36. The standard InChI is InChI=1S/C8H14N4O/c1-5-7(10-4-3-9)6(2)12-8(13)11-5/h10H,3-4,9H2,1-2H3,(H,11,12,13). The monoisotopic (exact) mass is 182 g/mol. The first-order valence-electron chi connectivity index (χ1n) is 4.16. The normalized spacial score (nSPS) is 10.1. The Morgan fingerprint density at radius 1 is 1.54 bits per heavy atom. The molecule has 72 valence electrons. The summed E-state index contributed by atoms with van der Waals surface area (Å²) >= 11 is 0. The number of nitrogens with zero attached hydrogens (tertiary/aromatic N) is 1. The molecule has 0 saturated heterocycles. The van der Waals surface area contributed by atoms with Gasteiger partial charge in [-0.2, -0.15) is 4.98 Å². The van der Waals surface area contributed by atoms with E-state index < -0.39 is 0 Å². The van der Waals surface area contributed by atoms with Gasteiger partial charge in [0.2, 0.25) is 0 Å². The van der Waals surface area contributed by atoms with Crippen molar-refractivity contribution in [3.05, 3.63) is 21.9 Å². The second-order valence-electron chi connectivity index (χ2n) is 2.84. The van der Waals surface area contributed by atoms with E-state index in [4.69, 9.17) is 5.73 Å². The molecular weight excluding hydrogens is 168 g/mol. The largest absolute Gasteiger partial charge is 0.381 e. The number of aromatic nitrogens is 2. The van der Waals surface area contributed by atoms with Gasteiger partial charge in [-0.25, -0.2) is 4.79 Å². The van der Waals surface area contributed by atoms with Crippen LogP contribution in [0.25, 0.3) is 0 Å². The number of anilines is 1. The zero-order valence-electron chi connectivity index (χ0n) is 7.85. The summed E-state index contributed by atoms with van der Waals surface area (Å²) in [6.07, 6.45) is 0. The lowest BCUT2D eigenvalue weighted by Crippen LogP contribution is -2.19. The Labute approximate surface area is 76.4 Å². The Morgan fingerprint density at radius 2 is 2.23 bits per heavy atom. The average molecular weight is 182 g/mol. The fourth-order valence-corrected chi connectivity index (χ4v) is 1.19. The van der Waals surface area contributed by atoms with E-state index >= 15 is 0 Å². The first-order valence-corrected chi connectivity index (χ1v) is 4.16. The minimum Gasteiger partial charge on any atom is -0.381 e. The average Bonchev–Trinajstić information content (AvgIpc) is 2.02. The third kappa shape index (κ3) is 2.29. The molecule has 0 aliphatic rings. The van der Waals surface area contributed by atoms with Crippen LogP contribution in [0.4, 0.5) is 5.69 Å². The Kier molecular flexibility index (Phi) is 3.02. The van der Waals surface area contributed by atoms with Gasteiger partial charge in [0.1, 0.15) is 0 Å². The summed E-state index contributed by atoms with van der Waals surface area (Å²) in [5, 5.41) is 3.10. The van der Waals surface area contributed by atoms with Gasteiger partial charge >= 0.3 is 5.69 Å². The molecule has 0 spiro atoms. The van der Waals surface area contributed by atoms with Crippen molar-refractivity contribution in [2.45, 2.75) is 13.8 Å². The summed E-state index contributed by atoms with van der Waals surface area (Å²) in [5.74, 6) is 0. The van der Waals surface area contributed by atoms with E-state index in [0.29, 0.717) is 18.8 Å². The van der Waals surface area contributed by atoms with Crippen molar-refractivity contribution in [1.29, 1.82) is 0 Å². The van der Waals surface area contributed by atoms with Gasteiger partial charge in [0.15, 0.2) is 0 Å². The van der Waals surface area contributed by atoms with Crippen molar-refractivity contribution in [2.24, 2.45) is 5.73 Å². The number of nitrogens with two attached hydrogens (primary N) is 1. The van der Waals surface area contributed by atoms with Crippen LogP contribution in [-0.4, -0.2) is 23.1 Å². The predicted molar refractivity (Wildman–Crippen MR) is 51.9 cm³/mol. The topological polar surface area (TPSA) is 83.8 Å². The highest BCUT2D eigenvalue weighted by Crippen LogP contribution is 2.12. The van der Waals surface area contributed by atoms with Crippen LogP contribution in [0.15, 0.2) is 4.79 Å². The second kappa shape index (κ2) is 4.04. The molecule has 5 nitrogen and oxygen atoms in total. The first-order chi connectivity index (χ1) is 6.15. The summed E-state index contributed by atoms with van der Waals surface area (Å²) in [4.78, 5) is 17.3. The molecule has 0 fully saturated rings. The van der Waals surface area contributed by atoms with Gasteiger partial charge in [0, 0.05) is 18.8 Å². The van der Waals surface area contributed by atoms with E-state index in [9.17, 15) is 4.79 Å². The second-order valence-corrected chi connectivity index (χ2v) is 2.84. The third-order valence-electron chi connectivity index (χ3n) is 1.75. The van der Waals surface area contributed by atoms with Crippen molar-refractivity contribution in [3.8, 4) is 0 Å². The SMILES string of the molecule is Cc1nc(=O)[nH]c(C)c1NCCN. The molecule has 0 aliphatic carbocycles. The minimum absolute atomic E-state index is 0.312. The van der Waals surface area contributed by atoms with E-state index in [-0.39, 0.29) is 5.69 Å². The van der Waals surface area contributed by atoms with Gasteiger partial charge in [0.05, 0.1) is 11.4 Å². The van der Waals surface area contributed by atoms with Gasteiger partial charge in [0.25, 0.3) is 0 Å². The number of nitrogens with one attached hydrogen (secondary N) is 2. The maximum atomic E-state index is 10.9. The molecule has 0 unspecified atom stereocenters. The molecule has 4 N–H and O–H groups in total. The van der Waals surface area contributed by atoms with Crippen LogP contribution in [0.2, 0.25) is 0 Å². The fourth-order valence-electron chi connectivity index (χ4n) is 1.19. The summed E-state index contributed by atoms with van der Waals surface area (Å²) in [5.41, 5.74) is 7.41. The Bertz CT molecular complexity index is 318. The van der Waals surface area contributed by atoms with E-state index in [1.807, 2.05) is 6.92 Å². The molecule has 0 radical (unpaired) electrons. The maximum absolute atomic E-state index is 10.9. The van der Waals surface area contributed by atoms with Gasteiger partial charge in [-0.1, -0.05) is 0 Å². The molecule has 0 amide bonds. The highest BCUT2D eigenvalue weighted by atomic mass is 16.1. The Balaban J connectivity index is 2.99. The van der Waals surface area contributed by atoms with Gasteiger partial charge in [-0.3, -0.25) is 0 Å². The molecule has 0 aliphatic heterocycles. The molecule has 0 bridgehead atoms. The summed E-state index contributed by atoms with van der Waals surface area (Å²) in [6, 6.07) is 0. The van der Waals surface area contributed by atoms with Gasteiger partial charge < -0.3 is 16.0 Å². The zero-order valence-corrected chi connectivity index (χ0v) is 7.85. The molecule has 5 heteroatoms. The molecule has 1 rings (SSSR count). The van der Waals surface area contributed by atoms with E-state index in [2.05, 4.69) is 15.3 Å². The number of H-pyrrole nitrogens is 1. The van der Waals surface area contributed by atoms with Crippen molar-refractivity contribution in [2.75, 3.05) is 18.4 Å². The van der Waals surface area contributed by atoms with Crippen LogP contribution in [0, 0.1) is 13.8 Å². The quantitative estimate of drug-likeness (QED) is 0.602. The van der Waals surface area contributed by atoms with Crippen LogP contribution in [0.5, 0.6) is 0 Å². The lowest BCUT2D eigenvalue weighted by atomic mass is 10.3. The number of aryl methyl sites for hydroxylation is 2. The van der Waals surface area contributed by atoms with Crippen LogP contribution in [0.1, 0.15) is 11.4 Å². The van der Waals surface area contributed by atoms with Crippen LogP contribution in [0.3, 0.4) is 0 Å². The van der Waals surface area contributed by atoms with Crippen LogP contribution >= 0.6 is 0 Å². The molecule has 1 aromatic heterocycles. The van der Waals surface area contributed by atoms with Gasteiger partial charge in [-0.15, -0.1) is 0 Å².